The van der Waals surface area contributed by atoms with E-state index in [1.165, 1.54) is 19.3 Å². The number of hydrogen-bond acceptors (Lipinski definition) is 3. The molecule has 0 aromatic heterocycles. The van der Waals surface area contributed by atoms with E-state index in [1.807, 2.05) is 24.3 Å². The summed E-state index contributed by atoms with van der Waals surface area (Å²) in [5.41, 5.74) is 1.000. The van der Waals surface area contributed by atoms with Crippen LogP contribution in [-0.4, -0.2) is 24.9 Å². The van der Waals surface area contributed by atoms with Crippen molar-refractivity contribution in [3.8, 4) is 11.5 Å². The van der Waals surface area contributed by atoms with Crippen molar-refractivity contribution in [2.45, 2.75) is 46.1 Å². The Morgan fingerprint density at radius 1 is 1.30 bits per heavy atom. The van der Waals surface area contributed by atoms with Crippen LogP contribution in [0.2, 0.25) is 0 Å². The van der Waals surface area contributed by atoms with Crippen LogP contribution in [0.5, 0.6) is 11.5 Å². The second-order valence-corrected chi connectivity index (χ2v) is 7.00. The van der Waals surface area contributed by atoms with E-state index >= 15 is 0 Å². The van der Waals surface area contributed by atoms with Crippen molar-refractivity contribution in [2.75, 3.05) is 13.7 Å². The largest absolute Gasteiger partial charge is 0.504 e. The first-order valence-electron chi connectivity index (χ1n) is 8.66. The molecule has 1 fully saturated rings. The minimum absolute atomic E-state index is 0.164. The van der Waals surface area contributed by atoms with Crippen molar-refractivity contribution in [2.24, 2.45) is 17.8 Å². The molecule has 0 aliphatic heterocycles. The highest BCUT2D eigenvalue weighted by Gasteiger charge is 2.29. The van der Waals surface area contributed by atoms with Crippen molar-refractivity contribution >= 4 is 6.08 Å². The smallest absolute Gasteiger partial charge is 0.161 e. The monoisotopic (exact) mass is 318 g/mol. The fourth-order valence-electron chi connectivity index (χ4n) is 3.31. The number of phenols is 1. The summed E-state index contributed by atoms with van der Waals surface area (Å²) in [5, 5.41) is 9.60. The summed E-state index contributed by atoms with van der Waals surface area (Å²) < 4.78 is 11.2. The quantitative estimate of drug-likeness (QED) is 0.811. The maximum atomic E-state index is 9.60. The van der Waals surface area contributed by atoms with E-state index in [4.69, 9.17) is 9.47 Å². The molecule has 3 nitrogen and oxygen atoms in total. The van der Waals surface area contributed by atoms with Gasteiger partial charge in [0.15, 0.2) is 11.5 Å². The molecule has 0 radical (unpaired) electrons. The molecule has 1 aromatic carbocycles. The molecule has 0 bridgehead atoms. The van der Waals surface area contributed by atoms with Gasteiger partial charge in [0.2, 0.25) is 0 Å². The van der Waals surface area contributed by atoms with Crippen LogP contribution in [0.3, 0.4) is 0 Å². The highest BCUT2D eigenvalue weighted by molar-refractivity contribution is 5.55. The fraction of sp³-hybridized carbons (Fsp3) is 0.600. The highest BCUT2D eigenvalue weighted by atomic mass is 16.5. The Morgan fingerprint density at radius 2 is 2.09 bits per heavy atom. The lowest BCUT2D eigenvalue weighted by atomic mass is 9.76. The van der Waals surface area contributed by atoms with Crippen LogP contribution in [0.25, 0.3) is 6.08 Å². The molecular weight excluding hydrogens is 288 g/mol. The minimum atomic E-state index is 0.164. The first-order chi connectivity index (χ1) is 11.0. The molecule has 0 spiro atoms. The van der Waals surface area contributed by atoms with E-state index < -0.39 is 0 Å². The van der Waals surface area contributed by atoms with Crippen molar-refractivity contribution in [1.82, 2.24) is 0 Å². The summed E-state index contributed by atoms with van der Waals surface area (Å²) in [6.07, 6.45) is 8.20. The average molecular weight is 318 g/mol. The molecule has 128 valence electrons. The molecular formula is C20H30O3. The molecule has 1 aromatic rings. The first kappa shape index (κ1) is 17.9. The van der Waals surface area contributed by atoms with Gasteiger partial charge in [0.25, 0.3) is 0 Å². The van der Waals surface area contributed by atoms with Gasteiger partial charge in [0.1, 0.15) is 0 Å². The molecule has 2 rings (SSSR count). The van der Waals surface area contributed by atoms with Gasteiger partial charge >= 0.3 is 0 Å². The maximum Gasteiger partial charge on any atom is 0.161 e. The molecule has 23 heavy (non-hydrogen) atoms. The first-order valence-corrected chi connectivity index (χ1v) is 8.66. The van der Waals surface area contributed by atoms with Crippen molar-refractivity contribution in [3.63, 3.8) is 0 Å². The second-order valence-electron chi connectivity index (χ2n) is 7.00. The predicted octanol–water partition coefficient (Wildman–Crippen LogP) is 4.89. The van der Waals surface area contributed by atoms with E-state index in [2.05, 4.69) is 20.8 Å². The summed E-state index contributed by atoms with van der Waals surface area (Å²) in [5.74, 6) is 2.84. The predicted molar refractivity (Wildman–Crippen MR) is 94.8 cm³/mol. The lowest BCUT2D eigenvalue weighted by Crippen LogP contribution is -2.32. The second kappa shape index (κ2) is 8.39. The van der Waals surface area contributed by atoms with Gasteiger partial charge in [0.05, 0.1) is 19.8 Å². The lowest BCUT2D eigenvalue weighted by molar-refractivity contribution is -0.0141. The lowest BCUT2D eigenvalue weighted by Gasteiger charge is -2.35. The summed E-state index contributed by atoms with van der Waals surface area (Å²) in [6, 6.07) is 5.34. The summed E-state index contributed by atoms with van der Waals surface area (Å²) in [7, 11) is 1.56. The third-order valence-electron chi connectivity index (χ3n) is 5.03. The van der Waals surface area contributed by atoms with Crippen LogP contribution in [0.4, 0.5) is 0 Å². The van der Waals surface area contributed by atoms with E-state index in [-0.39, 0.29) is 5.75 Å². The van der Waals surface area contributed by atoms with Crippen LogP contribution in [0.1, 0.15) is 45.6 Å². The Balaban J connectivity index is 1.86. The number of ether oxygens (including phenoxy) is 2. The van der Waals surface area contributed by atoms with Gasteiger partial charge in [-0.1, -0.05) is 39.0 Å². The third-order valence-corrected chi connectivity index (χ3v) is 5.03. The topological polar surface area (TPSA) is 38.7 Å². The molecule has 3 unspecified atom stereocenters. The van der Waals surface area contributed by atoms with Gasteiger partial charge in [-0.2, -0.15) is 0 Å². The van der Waals surface area contributed by atoms with Gasteiger partial charge in [-0.3, -0.25) is 0 Å². The van der Waals surface area contributed by atoms with Gasteiger partial charge in [-0.25, -0.2) is 0 Å². The fourth-order valence-corrected chi connectivity index (χ4v) is 3.31. The van der Waals surface area contributed by atoms with Crippen LogP contribution in [0.15, 0.2) is 24.3 Å². The van der Waals surface area contributed by atoms with Crippen molar-refractivity contribution < 1.29 is 14.6 Å². The van der Waals surface area contributed by atoms with Crippen LogP contribution >= 0.6 is 0 Å². The van der Waals surface area contributed by atoms with Gasteiger partial charge in [0, 0.05) is 0 Å². The van der Waals surface area contributed by atoms with Crippen LogP contribution in [0, 0.1) is 17.8 Å². The molecule has 3 heteroatoms. The molecule has 3 atom stereocenters. The summed E-state index contributed by atoms with van der Waals surface area (Å²) in [6.45, 7) is 7.56. The average Bonchev–Trinajstić information content (AvgIpc) is 2.54. The molecule has 0 saturated heterocycles. The highest BCUT2D eigenvalue weighted by Crippen LogP contribution is 2.35. The number of rotatable bonds is 6. The van der Waals surface area contributed by atoms with E-state index in [9.17, 15) is 5.11 Å². The molecule has 1 saturated carbocycles. The van der Waals surface area contributed by atoms with E-state index in [0.29, 0.717) is 24.4 Å². The van der Waals surface area contributed by atoms with Gasteiger partial charge in [-0.05, 0) is 54.7 Å². The number of aromatic hydroxyl groups is 1. The minimum Gasteiger partial charge on any atom is -0.504 e. The normalized spacial score (nSPS) is 25.2. The molecule has 1 aliphatic carbocycles. The van der Waals surface area contributed by atoms with Crippen molar-refractivity contribution in [1.29, 1.82) is 0 Å². The SMILES string of the molecule is COc1cc(/C=C/COC2CC(C(C)C)CCC2C)ccc1O. The molecule has 0 amide bonds. The summed E-state index contributed by atoms with van der Waals surface area (Å²) in [4.78, 5) is 0. The zero-order valence-electron chi connectivity index (χ0n) is 14.8. The van der Waals surface area contributed by atoms with Crippen LogP contribution < -0.4 is 4.74 Å². The molecule has 1 aliphatic rings. The third kappa shape index (κ3) is 5.00. The van der Waals surface area contributed by atoms with Gasteiger partial charge in [-0.15, -0.1) is 0 Å². The standard InChI is InChI=1S/C20H30O3/c1-14(2)17-9-7-15(3)19(13-17)23-11-5-6-16-8-10-18(21)20(12-16)22-4/h5-6,8,10,12,14-15,17,19,21H,7,9,11,13H2,1-4H3/b6-5+. The molecule has 1 N–H and O–H groups in total. The van der Waals surface area contributed by atoms with Crippen molar-refractivity contribution in [3.05, 3.63) is 29.8 Å². The Hall–Kier alpha value is -1.48. The zero-order valence-corrected chi connectivity index (χ0v) is 14.8. The summed E-state index contributed by atoms with van der Waals surface area (Å²) >= 11 is 0. The Labute approximate surface area is 140 Å². The number of benzene rings is 1. The van der Waals surface area contributed by atoms with Crippen LogP contribution in [-0.2, 0) is 4.74 Å². The Bertz CT molecular complexity index is 522. The van der Waals surface area contributed by atoms with E-state index in [0.717, 1.165) is 17.4 Å². The van der Waals surface area contributed by atoms with E-state index in [1.54, 1.807) is 13.2 Å². The number of methoxy groups -OCH3 is 1. The zero-order chi connectivity index (χ0) is 16.8. The Morgan fingerprint density at radius 3 is 2.78 bits per heavy atom. The van der Waals surface area contributed by atoms with Gasteiger partial charge < -0.3 is 14.6 Å². The Kier molecular flexibility index (Phi) is 6.52. The number of hydrogen-bond donors (Lipinski definition) is 1. The molecule has 0 heterocycles. The maximum absolute atomic E-state index is 9.60. The number of phenolic OH excluding ortho intramolecular Hbond substituents is 1.